The van der Waals surface area contributed by atoms with Crippen LogP contribution in [0.25, 0.3) is 10.2 Å². The number of likely N-dealkylation sites (tertiary alicyclic amines) is 1. The Morgan fingerprint density at radius 1 is 1.44 bits per heavy atom. The number of amides is 1. The van der Waals surface area contributed by atoms with Gasteiger partial charge in [-0.2, -0.15) is 0 Å². The van der Waals surface area contributed by atoms with E-state index in [4.69, 9.17) is 14.2 Å². The van der Waals surface area contributed by atoms with E-state index in [0.29, 0.717) is 24.1 Å². The number of hydrogen-bond donors (Lipinski definition) is 0. The highest BCUT2D eigenvalue weighted by Gasteiger charge is 2.27. The zero-order valence-electron chi connectivity index (χ0n) is 14.0. The molecule has 0 aliphatic carbocycles. The second kappa shape index (κ2) is 6.84. The Hall–Kier alpha value is -2.41. The lowest BCUT2D eigenvalue weighted by atomic mass is 9.99. The first kappa shape index (κ1) is 16.1. The molecule has 1 aromatic carbocycles. The van der Waals surface area contributed by atoms with Crippen molar-refractivity contribution >= 4 is 27.5 Å². The third-order valence-corrected chi connectivity index (χ3v) is 5.58. The van der Waals surface area contributed by atoms with Gasteiger partial charge in [-0.3, -0.25) is 4.79 Å². The fraction of sp³-hybridized carbons (Fsp3) is 0.389. The van der Waals surface area contributed by atoms with Gasteiger partial charge in [-0.1, -0.05) is 12.1 Å². The van der Waals surface area contributed by atoms with Crippen molar-refractivity contribution < 1.29 is 14.1 Å². The van der Waals surface area contributed by atoms with Gasteiger partial charge in [0.05, 0.1) is 15.2 Å². The van der Waals surface area contributed by atoms with E-state index < -0.39 is 0 Å². The first-order valence-electron chi connectivity index (χ1n) is 8.38. The first-order valence-corrected chi connectivity index (χ1v) is 9.20. The van der Waals surface area contributed by atoms with Crippen molar-refractivity contribution in [3.05, 3.63) is 41.1 Å². The number of carbonyl (C=O) groups excluding carboxylic acids is 1. The Bertz CT molecular complexity index is 855. The van der Waals surface area contributed by atoms with Crippen molar-refractivity contribution in [1.29, 1.82) is 0 Å². The van der Waals surface area contributed by atoms with Crippen molar-refractivity contribution in [1.82, 2.24) is 15.0 Å². The van der Waals surface area contributed by atoms with Crippen LogP contribution in [0.4, 0.5) is 0 Å². The second-order valence-electron chi connectivity index (χ2n) is 6.26. The first-order chi connectivity index (χ1) is 12.2. The number of rotatable bonds is 4. The van der Waals surface area contributed by atoms with Crippen LogP contribution < -0.4 is 4.74 Å². The van der Waals surface area contributed by atoms with Crippen molar-refractivity contribution in [3.8, 4) is 5.88 Å². The van der Waals surface area contributed by atoms with Crippen molar-refractivity contribution in [2.75, 3.05) is 19.7 Å². The average molecular weight is 357 g/mol. The van der Waals surface area contributed by atoms with Gasteiger partial charge < -0.3 is 14.2 Å². The summed E-state index contributed by atoms with van der Waals surface area (Å²) in [5.41, 5.74) is 1.04. The van der Waals surface area contributed by atoms with E-state index in [1.165, 1.54) is 4.70 Å². The number of nitrogens with zero attached hydrogens (tertiary/aromatic N) is 3. The van der Waals surface area contributed by atoms with Crippen LogP contribution in [0.15, 0.2) is 34.9 Å². The molecule has 25 heavy (non-hydrogen) atoms. The van der Waals surface area contributed by atoms with Gasteiger partial charge in [0.15, 0.2) is 6.61 Å². The predicted molar refractivity (Wildman–Crippen MR) is 94.9 cm³/mol. The standard InChI is InChI=1S/C18H19N3O3S/c1-12-9-16(20-24-12)23-11-17(22)21-8-4-5-13(10-21)18-19-14-6-2-3-7-15(14)25-18/h2-3,6-7,9,13H,4-5,8,10-11H2,1H3/t13-/m0/s1. The Morgan fingerprint density at radius 3 is 3.12 bits per heavy atom. The number of fused-ring (bicyclic) bond motifs is 1. The highest BCUT2D eigenvalue weighted by molar-refractivity contribution is 7.18. The summed E-state index contributed by atoms with van der Waals surface area (Å²) in [4.78, 5) is 19.1. The van der Waals surface area contributed by atoms with Crippen molar-refractivity contribution in [2.24, 2.45) is 0 Å². The van der Waals surface area contributed by atoms with Crippen LogP contribution in [0.2, 0.25) is 0 Å². The number of benzene rings is 1. The average Bonchev–Trinajstić information content (AvgIpc) is 3.25. The minimum Gasteiger partial charge on any atom is -0.465 e. The van der Waals surface area contributed by atoms with Crippen LogP contribution >= 0.6 is 11.3 Å². The fourth-order valence-electron chi connectivity index (χ4n) is 3.11. The molecule has 1 saturated heterocycles. The number of aryl methyl sites for hydroxylation is 1. The Labute approximate surface area is 149 Å². The molecule has 1 atom stereocenters. The minimum absolute atomic E-state index is 0.0153. The normalized spacial score (nSPS) is 17.8. The molecule has 2 aromatic heterocycles. The second-order valence-corrected chi connectivity index (χ2v) is 7.33. The van der Waals surface area contributed by atoms with Gasteiger partial charge in [0, 0.05) is 25.1 Å². The molecule has 1 aliphatic rings. The molecule has 1 amide bonds. The van der Waals surface area contributed by atoms with Crippen LogP contribution in [0.5, 0.6) is 5.88 Å². The SMILES string of the molecule is Cc1cc(OCC(=O)N2CCC[C@H](c3nc4ccccc4s3)C2)no1. The maximum absolute atomic E-state index is 12.5. The molecule has 1 fully saturated rings. The summed E-state index contributed by atoms with van der Waals surface area (Å²) in [6.45, 7) is 3.23. The minimum atomic E-state index is -0.0218. The quantitative estimate of drug-likeness (QED) is 0.716. The maximum atomic E-state index is 12.5. The number of piperidine rings is 1. The highest BCUT2D eigenvalue weighted by atomic mass is 32.1. The zero-order chi connectivity index (χ0) is 17.2. The summed E-state index contributed by atoms with van der Waals surface area (Å²) in [6, 6.07) is 9.84. The Morgan fingerprint density at radius 2 is 2.32 bits per heavy atom. The topological polar surface area (TPSA) is 68.5 Å². The van der Waals surface area contributed by atoms with E-state index in [9.17, 15) is 4.79 Å². The summed E-state index contributed by atoms with van der Waals surface area (Å²) in [5, 5.41) is 4.86. The lowest BCUT2D eigenvalue weighted by Crippen LogP contribution is -2.41. The van der Waals surface area contributed by atoms with Gasteiger partial charge in [-0.05, 0) is 37.1 Å². The van der Waals surface area contributed by atoms with Crippen molar-refractivity contribution in [3.63, 3.8) is 0 Å². The number of thiazole rings is 1. The van der Waals surface area contributed by atoms with Crippen LogP contribution in [0.3, 0.4) is 0 Å². The van der Waals surface area contributed by atoms with Gasteiger partial charge in [-0.25, -0.2) is 4.98 Å². The lowest BCUT2D eigenvalue weighted by molar-refractivity contribution is -0.134. The Kier molecular flexibility index (Phi) is 4.40. The predicted octanol–water partition coefficient (Wildman–Crippen LogP) is 3.38. The summed E-state index contributed by atoms with van der Waals surface area (Å²) in [7, 11) is 0. The molecule has 3 aromatic rings. The molecule has 130 valence electrons. The molecular weight excluding hydrogens is 338 g/mol. The fourth-order valence-corrected chi connectivity index (χ4v) is 4.20. The van der Waals surface area contributed by atoms with Crippen LogP contribution in [0, 0.1) is 6.92 Å². The smallest absolute Gasteiger partial charge is 0.260 e. The van der Waals surface area contributed by atoms with Crippen LogP contribution in [-0.4, -0.2) is 40.6 Å². The zero-order valence-corrected chi connectivity index (χ0v) is 14.8. The molecule has 4 rings (SSSR count). The largest absolute Gasteiger partial charge is 0.465 e. The third kappa shape index (κ3) is 3.51. The highest BCUT2D eigenvalue weighted by Crippen LogP contribution is 2.32. The molecular formula is C18H19N3O3S. The van der Waals surface area contributed by atoms with Crippen LogP contribution in [0.1, 0.15) is 29.5 Å². The lowest BCUT2D eigenvalue weighted by Gasteiger charge is -2.31. The summed E-state index contributed by atoms with van der Waals surface area (Å²) in [5.74, 6) is 1.29. The van der Waals surface area contributed by atoms with Crippen LogP contribution in [-0.2, 0) is 4.79 Å². The molecule has 0 unspecified atom stereocenters. The number of carbonyl (C=O) groups is 1. The summed E-state index contributed by atoms with van der Waals surface area (Å²) < 4.78 is 11.6. The van der Waals surface area contributed by atoms with E-state index in [1.54, 1.807) is 24.3 Å². The van der Waals surface area contributed by atoms with Gasteiger partial charge in [0.1, 0.15) is 5.76 Å². The number of hydrogen-bond acceptors (Lipinski definition) is 6. The maximum Gasteiger partial charge on any atom is 0.260 e. The summed E-state index contributed by atoms with van der Waals surface area (Å²) in [6.07, 6.45) is 2.04. The molecule has 0 saturated carbocycles. The Balaban J connectivity index is 1.40. The van der Waals surface area contributed by atoms with Crippen molar-refractivity contribution in [2.45, 2.75) is 25.7 Å². The van der Waals surface area contributed by atoms with E-state index in [-0.39, 0.29) is 12.5 Å². The van der Waals surface area contributed by atoms with Gasteiger partial charge in [0.25, 0.3) is 11.8 Å². The molecule has 6 nitrogen and oxygen atoms in total. The van der Waals surface area contributed by atoms with E-state index in [2.05, 4.69) is 11.2 Å². The summed E-state index contributed by atoms with van der Waals surface area (Å²) >= 11 is 1.73. The van der Waals surface area contributed by atoms with E-state index in [1.807, 2.05) is 23.1 Å². The molecule has 3 heterocycles. The van der Waals surface area contributed by atoms with Gasteiger partial charge in [-0.15, -0.1) is 11.3 Å². The third-order valence-electron chi connectivity index (χ3n) is 4.38. The number of ether oxygens (including phenoxy) is 1. The molecule has 0 radical (unpaired) electrons. The molecule has 7 heteroatoms. The molecule has 0 N–H and O–H groups in total. The van der Waals surface area contributed by atoms with E-state index in [0.717, 1.165) is 29.9 Å². The van der Waals surface area contributed by atoms with Gasteiger partial charge in [0.2, 0.25) is 0 Å². The monoisotopic (exact) mass is 357 g/mol. The number of para-hydroxylation sites is 1. The van der Waals surface area contributed by atoms with E-state index >= 15 is 0 Å². The number of aromatic nitrogens is 2. The molecule has 1 aliphatic heterocycles. The molecule has 0 spiro atoms. The van der Waals surface area contributed by atoms with Gasteiger partial charge >= 0.3 is 0 Å². The molecule has 0 bridgehead atoms.